The highest BCUT2D eigenvalue weighted by Crippen LogP contribution is 2.19. The number of carbonyl (C=O) groups excluding carboxylic acids is 2. The molecule has 2 atom stereocenters. The Bertz CT molecular complexity index is 752. The van der Waals surface area contributed by atoms with Crippen LogP contribution in [0.25, 0.3) is 0 Å². The van der Waals surface area contributed by atoms with E-state index in [2.05, 4.69) is 15.3 Å². The molecule has 0 unspecified atom stereocenters. The van der Waals surface area contributed by atoms with Gasteiger partial charge in [-0.05, 0) is 24.3 Å². The summed E-state index contributed by atoms with van der Waals surface area (Å²) >= 11 is 0. The first-order chi connectivity index (χ1) is 12.6. The third-order valence-corrected chi connectivity index (χ3v) is 4.02. The number of hydrogen-bond acceptors (Lipinski definition) is 6. The van der Waals surface area contributed by atoms with E-state index >= 15 is 0 Å². The van der Waals surface area contributed by atoms with Crippen molar-refractivity contribution in [2.75, 3.05) is 13.2 Å². The molecule has 0 spiro atoms. The van der Waals surface area contributed by atoms with Gasteiger partial charge in [-0.2, -0.15) is 0 Å². The van der Waals surface area contributed by atoms with Crippen molar-refractivity contribution in [3.8, 4) is 5.75 Å². The number of aromatic nitrogens is 2. The number of benzene rings is 1. The molecule has 2 heterocycles. The Kier molecular flexibility index (Phi) is 5.75. The Morgan fingerprint density at radius 2 is 2.08 bits per heavy atom. The summed E-state index contributed by atoms with van der Waals surface area (Å²) in [4.78, 5) is 31.4. The fraction of sp³-hybridized carbons (Fsp3) is 0.333. The summed E-state index contributed by atoms with van der Waals surface area (Å²) in [6.07, 6.45) is 5.23. The number of amides is 2. The summed E-state index contributed by atoms with van der Waals surface area (Å²) in [5.41, 5.74) is 6.25. The van der Waals surface area contributed by atoms with Gasteiger partial charge in [-0.1, -0.05) is 0 Å². The average Bonchev–Trinajstić information content (AvgIpc) is 2.64. The van der Waals surface area contributed by atoms with Crippen molar-refractivity contribution in [1.29, 1.82) is 0 Å². The number of carbonyl (C=O) groups is 2. The van der Waals surface area contributed by atoms with Crippen LogP contribution in [-0.4, -0.2) is 47.1 Å². The minimum absolute atomic E-state index is 0.143. The summed E-state index contributed by atoms with van der Waals surface area (Å²) in [6.45, 7) is 0.927. The topological polar surface area (TPSA) is 116 Å². The molecule has 8 heteroatoms. The molecule has 1 aromatic heterocycles. The van der Waals surface area contributed by atoms with Gasteiger partial charge in [0, 0.05) is 30.6 Å². The van der Waals surface area contributed by atoms with Crippen molar-refractivity contribution >= 4 is 11.8 Å². The van der Waals surface area contributed by atoms with E-state index in [9.17, 15) is 9.59 Å². The molecule has 0 radical (unpaired) electrons. The second-order valence-corrected chi connectivity index (χ2v) is 5.96. The van der Waals surface area contributed by atoms with Gasteiger partial charge in [0.2, 0.25) is 11.8 Å². The molecule has 8 nitrogen and oxygen atoms in total. The van der Waals surface area contributed by atoms with Crippen LogP contribution in [0.15, 0.2) is 42.9 Å². The maximum Gasteiger partial charge on any atom is 0.248 e. The molecule has 0 aliphatic carbocycles. The van der Waals surface area contributed by atoms with E-state index in [-0.39, 0.29) is 24.5 Å². The number of rotatable bonds is 6. The summed E-state index contributed by atoms with van der Waals surface area (Å²) in [6, 6.07) is 6.32. The van der Waals surface area contributed by atoms with Gasteiger partial charge >= 0.3 is 0 Å². The van der Waals surface area contributed by atoms with Gasteiger partial charge in [0.05, 0.1) is 31.4 Å². The van der Waals surface area contributed by atoms with Crippen LogP contribution in [0.5, 0.6) is 5.75 Å². The first-order valence-electron chi connectivity index (χ1n) is 8.30. The van der Waals surface area contributed by atoms with Gasteiger partial charge < -0.3 is 20.5 Å². The fourth-order valence-corrected chi connectivity index (χ4v) is 2.71. The number of nitrogens with two attached hydrogens (primary N) is 1. The van der Waals surface area contributed by atoms with E-state index in [4.69, 9.17) is 15.2 Å². The summed E-state index contributed by atoms with van der Waals surface area (Å²) < 4.78 is 11.4. The molecule has 1 aliphatic rings. The van der Waals surface area contributed by atoms with Crippen molar-refractivity contribution in [3.63, 3.8) is 0 Å². The van der Waals surface area contributed by atoms with E-state index in [0.29, 0.717) is 36.6 Å². The van der Waals surface area contributed by atoms with E-state index in [1.807, 2.05) is 0 Å². The molecule has 136 valence electrons. The third-order valence-electron chi connectivity index (χ3n) is 4.02. The molecule has 3 rings (SSSR count). The zero-order valence-electron chi connectivity index (χ0n) is 14.1. The minimum atomic E-state index is -0.489. The third kappa shape index (κ3) is 4.76. The van der Waals surface area contributed by atoms with Gasteiger partial charge in [-0.25, -0.2) is 0 Å². The number of nitrogens with one attached hydrogen (secondary N) is 1. The van der Waals surface area contributed by atoms with Crippen LogP contribution < -0.4 is 15.8 Å². The van der Waals surface area contributed by atoms with E-state index in [0.717, 1.165) is 0 Å². The van der Waals surface area contributed by atoms with Crippen molar-refractivity contribution in [3.05, 3.63) is 54.1 Å². The lowest BCUT2D eigenvalue weighted by Gasteiger charge is -2.32. The second-order valence-electron chi connectivity index (χ2n) is 5.96. The lowest BCUT2D eigenvalue weighted by molar-refractivity contribution is -0.123. The zero-order valence-corrected chi connectivity index (χ0v) is 14.1. The van der Waals surface area contributed by atoms with Crippen molar-refractivity contribution in [2.24, 2.45) is 5.73 Å². The van der Waals surface area contributed by atoms with Crippen LogP contribution >= 0.6 is 0 Å². The molecular weight excluding hydrogens is 336 g/mol. The van der Waals surface area contributed by atoms with Gasteiger partial charge in [-0.3, -0.25) is 19.6 Å². The van der Waals surface area contributed by atoms with Crippen molar-refractivity contribution in [1.82, 2.24) is 15.3 Å². The highest BCUT2D eigenvalue weighted by molar-refractivity contribution is 5.92. The van der Waals surface area contributed by atoms with E-state index < -0.39 is 5.91 Å². The molecule has 2 amide bonds. The lowest BCUT2D eigenvalue weighted by atomic mass is 10.1. The van der Waals surface area contributed by atoms with Gasteiger partial charge in [0.1, 0.15) is 11.9 Å². The summed E-state index contributed by atoms with van der Waals surface area (Å²) in [7, 11) is 0. The van der Waals surface area contributed by atoms with Crippen LogP contribution in [0.3, 0.4) is 0 Å². The minimum Gasteiger partial charge on any atom is -0.488 e. The highest BCUT2D eigenvalue weighted by atomic mass is 16.5. The number of ether oxygens (including phenoxy) is 2. The number of hydrogen-bond donors (Lipinski definition) is 2. The highest BCUT2D eigenvalue weighted by Gasteiger charge is 2.29. The van der Waals surface area contributed by atoms with Crippen LogP contribution in [0.2, 0.25) is 0 Å². The van der Waals surface area contributed by atoms with E-state index in [1.54, 1.807) is 42.9 Å². The molecule has 0 bridgehead atoms. The Hall–Kier alpha value is -3.00. The molecule has 1 aliphatic heterocycles. The number of nitrogens with zero attached hydrogens (tertiary/aromatic N) is 2. The number of primary amides is 1. The molecule has 2 aromatic rings. The maximum atomic E-state index is 12.3. The van der Waals surface area contributed by atoms with Crippen molar-refractivity contribution in [2.45, 2.75) is 25.0 Å². The zero-order chi connectivity index (χ0) is 18.4. The van der Waals surface area contributed by atoms with Gasteiger partial charge in [0.15, 0.2) is 0 Å². The SMILES string of the molecule is NC(=O)c1ccc(O[C@@H]2CCOC[C@H]2NC(=O)Cc2cnccn2)cc1. The molecular formula is C18H20N4O4. The van der Waals surface area contributed by atoms with Crippen LogP contribution in [0, 0.1) is 0 Å². The van der Waals surface area contributed by atoms with Gasteiger partial charge in [-0.15, -0.1) is 0 Å². The average molecular weight is 356 g/mol. The first-order valence-corrected chi connectivity index (χ1v) is 8.30. The van der Waals surface area contributed by atoms with E-state index in [1.165, 1.54) is 0 Å². The predicted molar refractivity (Wildman–Crippen MR) is 92.5 cm³/mol. The standard InChI is InChI=1S/C18H20N4O4/c19-18(24)12-1-3-14(4-2-12)26-16-5-8-25-11-15(16)22-17(23)9-13-10-20-6-7-21-13/h1-4,6-7,10,15-16H,5,8-9,11H2,(H2,19,24)(H,22,23)/t15-,16-/m1/s1. The Balaban J connectivity index is 1.60. The molecule has 1 saturated heterocycles. The Morgan fingerprint density at radius 3 is 2.77 bits per heavy atom. The quantitative estimate of drug-likeness (QED) is 0.777. The fourth-order valence-electron chi connectivity index (χ4n) is 2.71. The molecule has 1 aromatic carbocycles. The maximum absolute atomic E-state index is 12.3. The van der Waals surface area contributed by atoms with Crippen LogP contribution in [0.4, 0.5) is 0 Å². The molecule has 0 saturated carbocycles. The Labute approximate surface area is 150 Å². The smallest absolute Gasteiger partial charge is 0.248 e. The Morgan fingerprint density at radius 1 is 1.27 bits per heavy atom. The predicted octanol–water partition coefficient (Wildman–Crippen LogP) is 0.471. The van der Waals surface area contributed by atoms with Gasteiger partial charge in [0.25, 0.3) is 0 Å². The largest absolute Gasteiger partial charge is 0.488 e. The van der Waals surface area contributed by atoms with Crippen LogP contribution in [0.1, 0.15) is 22.5 Å². The summed E-state index contributed by atoms with van der Waals surface area (Å²) in [5, 5.41) is 2.94. The first kappa shape index (κ1) is 17.8. The van der Waals surface area contributed by atoms with Crippen LogP contribution in [-0.2, 0) is 16.0 Å². The molecule has 1 fully saturated rings. The monoisotopic (exact) mass is 356 g/mol. The second kappa shape index (κ2) is 8.39. The normalized spacial score (nSPS) is 19.5. The molecule has 26 heavy (non-hydrogen) atoms. The van der Waals surface area contributed by atoms with Crippen molar-refractivity contribution < 1.29 is 19.1 Å². The molecule has 3 N–H and O–H groups in total. The summed E-state index contributed by atoms with van der Waals surface area (Å²) in [5.74, 6) is -0.0504. The lowest BCUT2D eigenvalue weighted by Crippen LogP contribution is -2.52.